The second-order valence-corrected chi connectivity index (χ2v) is 5.56. The molecule has 0 bridgehead atoms. The van der Waals surface area contributed by atoms with Gasteiger partial charge in [0.1, 0.15) is 0 Å². The van der Waals surface area contributed by atoms with E-state index in [0.29, 0.717) is 0 Å². The molecule has 90 valence electrons. The van der Waals surface area contributed by atoms with Gasteiger partial charge in [-0.05, 0) is 41.1 Å². The second-order valence-electron chi connectivity index (χ2n) is 5.56. The molecule has 0 aliphatic heterocycles. The number of hydrogen-bond donors (Lipinski definition) is 1. The summed E-state index contributed by atoms with van der Waals surface area (Å²) in [6, 6.07) is 15.3. The minimum Gasteiger partial charge on any atom is -0.330 e. The molecule has 1 heteroatoms. The molecule has 0 spiro atoms. The topological polar surface area (TPSA) is 26.0 Å². The fraction of sp³-hybridized carbons (Fsp3) is 0.375. The van der Waals surface area contributed by atoms with Gasteiger partial charge in [0.25, 0.3) is 0 Å². The van der Waals surface area contributed by atoms with E-state index in [1.165, 1.54) is 16.3 Å². The van der Waals surface area contributed by atoms with Crippen LogP contribution in [-0.2, 0) is 6.42 Å². The lowest BCUT2D eigenvalue weighted by atomic mass is 9.82. The largest absolute Gasteiger partial charge is 0.330 e. The summed E-state index contributed by atoms with van der Waals surface area (Å²) in [6.07, 6.45) is 2.16. The average molecular weight is 227 g/mol. The van der Waals surface area contributed by atoms with Crippen LogP contribution in [0.1, 0.15) is 25.8 Å². The highest BCUT2D eigenvalue weighted by Crippen LogP contribution is 2.26. The maximum absolute atomic E-state index is 5.66. The molecule has 0 saturated carbocycles. The highest BCUT2D eigenvalue weighted by atomic mass is 14.5. The van der Waals surface area contributed by atoms with Crippen LogP contribution in [0.4, 0.5) is 0 Å². The number of rotatable bonds is 4. The van der Waals surface area contributed by atoms with Gasteiger partial charge >= 0.3 is 0 Å². The van der Waals surface area contributed by atoms with Gasteiger partial charge in [0.05, 0.1) is 0 Å². The van der Waals surface area contributed by atoms with Crippen molar-refractivity contribution in [2.45, 2.75) is 26.7 Å². The van der Waals surface area contributed by atoms with Crippen molar-refractivity contribution in [1.29, 1.82) is 0 Å². The molecule has 0 aliphatic carbocycles. The Morgan fingerprint density at radius 1 is 1.00 bits per heavy atom. The Morgan fingerprint density at radius 2 is 1.71 bits per heavy atom. The van der Waals surface area contributed by atoms with Crippen molar-refractivity contribution < 1.29 is 0 Å². The lowest BCUT2D eigenvalue weighted by Crippen LogP contribution is -2.19. The monoisotopic (exact) mass is 227 g/mol. The minimum atomic E-state index is 0.289. The Hall–Kier alpha value is -1.34. The Bertz CT molecular complexity index is 500. The summed E-state index contributed by atoms with van der Waals surface area (Å²) < 4.78 is 0. The molecule has 2 rings (SSSR count). The lowest BCUT2D eigenvalue weighted by Gasteiger charge is -2.24. The first kappa shape index (κ1) is 12.1. The summed E-state index contributed by atoms with van der Waals surface area (Å²) in [7, 11) is 0. The highest BCUT2D eigenvalue weighted by molar-refractivity contribution is 5.82. The van der Waals surface area contributed by atoms with Gasteiger partial charge in [0.15, 0.2) is 0 Å². The zero-order valence-corrected chi connectivity index (χ0v) is 10.7. The Morgan fingerprint density at radius 3 is 2.41 bits per heavy atom. The predicted molar refractivity (Wildman–Crippen MR) is 75.1 cm³/mol. The molecule has 2 N–H and O–H groups in total. The van der Waals surface area contributed by atoms with Gasteiger partial charge in [-0.2, -0.15) is 0 Å². The van der Waals surface area contributed by atoms with Gasteiger partial charge in [-0.3, -0.25) is 0 Å². The smallest absolute Gasteiger partial charge is 0.00721 e. The summed E-state index contributed by atoms with van der Waals surface area (Å²) in [5.41, 5.74) is 7.35. The third-order valence-corrected chi connectivity index (χ3v) is 3.32. The zero-order chi connectivity index (χ0) is 12.3. The summed E-state index contributed by atoms with van der Waals surface area (Å²) in [5.74, 6) is 0. The Kier molecular flexibility index (Phi) is 3.49. The molecule has 0 saturated heterocycles. The first-order valence-corrected chi connectivity index (χ1v) is 6.28. The molecule has 0 aliphatic rings. The second kappa shape index (κ2) is 4.89. The van der Waals surface area contributed by atoms with Gasteiger partial charge in [0, 0.05) is 0 Å². The van der Waals surface area contributed by atoms with E-state index in [1.54, 1.807) is 0 Å². The van der Waals surface area contributed by atoms with Crippen LogP contribution in [0.15, 0.2) is 42.5 Å². The Labute approximate surface area is 104 Å². The number of fused-ring (bicyclic) bond motifs is 1. The maximum Gasteiger partial charge on any atom is -0.00721 e. The average Bonchev–Trinajstić information content (AvgIpc) is 2.28. The molecular weight excluding hydrogens is 206 g/mol. The molecule has 0 unspecified atom stereocenters. The van der Waals surface area contributed by atoms with Crippen molar-refractivity contribution in [2.75, 3.05) is 6.54 Å². The van der Waals surface area contributed by atoms with Gasteiger partial charge in [-0.15, -0.1) is 0 Å². The number of hydrogen-bond acceptors (Lipinski definition) is 1. The maximum atomic E-state index is 5.66. The van der Waals surface area contributed by atoms with Crippen molar-refractivity contribution in [3.63, 3.8) is 0 Å². The van der Waals surface area contributed by atoms with E-state index in [0.717, 1.165) is 19.4 Å². The van der Waals surface area contributed by atoms with Crippen molar-refractivity contribution in [3.8, 4) is 0 Å². The summed E-state index contributed by atoms with van der Waals surface area (Å²) >= 11 is 0. The van der Waals surface area contributed by atoms with Crippen LogP contribution in [0.25, 0.3) is 10.8 Å². The molecule has 0 fully saturated rings. The van der Waals surface area contributed by atoms with Gasteiger partial charge in [0.2, 0.25) is 0 Å². The first-order valence-electron chi connectivity index (χ1n) is 6.28. The quantitative estimate of drug-likeness (QED) is 0.845. The van der Waals surface area contributed by atoms with E-state index in [-0.39, 0.29) is 5.41 Å². The van der Waals surface area contributed by atoms with Crippen molar-refractivity contribution in [1.82, 2.24) is 0 Å². The van der Waals surface area contributed by atoms with Crippen LogP contribution in [-0.4, -0.2) is 6.54 Å². The standard InChI is InChI=1S/C16H21N/c1-16(2,9-10-17)12-13-7-8-14-5-3-4-6-15(14)11-13/h3-8,11H,9-10,12,17H2,1-2H3. The fourth-order valence-corrected chi connectivity index (χ4v) is 2.38. The molecular formula is C16H21N. The van der Waals surface area contributed by atoms with Gasteiger partial charge in [-0.1, -0.05) is 56.3 Å². The van der Waals surface area contributed by atoms with Crippen LogP contribution < -0.4 is 5.73 Å². The van der Waals surface area contributed by atoms with Crippen LogP contribution in [0.3, 0.4) is 0 Å². The van der Waals surface area contributed by atoms with E-state index in [4.69, 9.17) is 5.73 Å². The fourth-order valence-electron chi connectivity index (χ4n) is 2.38. The third kappa shape index (κ3) is 3.07. The molecule has 0 amide bonds. The van der Waals surface area contributed by atoms with E-state index >= 15 is 0 Å². The minimum absolute atomic E-state index is 0.289. The number of nitrogens with two attached hydrogens (primary N) is 1. The van der Waals surface area contributed by atoms with Crippen LogP contribution >= 0.6 is 0 Å². The van der Waals surface area contributed by atoms with E-state index in [9.17, 15) is 0 Å². The molecule has 0 radical (unpaired) electrons. The van der Waals surface area contributed by atoms with Crippen molar-refractivity contribution in [2.24, 2.45) is 11.1 Å². The third-order valence-electron chi connectivity index (χ3n) is 3.32. The Balaban J connectivity index is 2.25. The summed E-state index contributed by atoms with van der Waals surface area (Å²) in [5, 5.41) is 2.64. The normalized spacial score (nSPS) is 11.9. The molecule has 0 heterocycles. The number of benzene rings is 2. The van der Waals surface area contributed by atoms with Gasteiger partial charge in [-0.25, -0.2) is 0 Å². The van der Waals surface area contributed by atoms with Crippen LogP contribution in [0.2, 0.25) is 0 Å². The first-order chi connectivity index (χ1) is 8.11. The predicted octanol–water partition coefficient (Wildman–Crippen LogP) is 3.76. The van der Waals surface area contributed by atoms with E-state index < -0.39 is 0 Å². The zero-order valence-electron chi connectivity index (χ0n) is 10.7. The SMILES string of the molecule is CC(C)(CCN)Cc1ccc2ccccc2c1. The molecule has 2 aromatic rings. The molecule has 17 heavy (non-hydrogen) atoms. The highest BCUT2D eigenvalue weighted by Gasteiger charge is 2.17. The van der Waals surface area contributed by atoms with Crippen LogP contribution in [0, 0.1) is 5.41 Å². The molecule has 0 aromatic heterocycles. The molecule has 0 atom stereocenters. The molecule has 2 aromatic carbocycles. The van der Waals surface area contributed by atoms with Crippen LogP contribution in [0.5, 0.6) is 0 Å². The molecule has 1 nitrogen and oxygen atoms in total. The summed E-state index contributed by atoms with van der Waals surface area (Å²) in [6.45, 7) is 5.34. The summed E-state index contributed by atoms with van der Waals surface area (Å²) in [4.78, 5) is 0. The van der Waals surface area contributed by atoms with Crippen molar-refractivity contribution >= 4 is 10.8 Å². The van der Waals surface area contributed by atoms with Crippen molar-refractivity contribution in [3.05, 3.63) is 48.0 Å². The van der Waals surface area contributed by atoms with E-state index in [2.05, 4.69) is 56.3 Å². The lowest BCUT2D eigenvalue weighted by molar-refractivity contribution is 0.339. The van der Waals surface area contributed by atoms with E-state index in [1.807, 2.05) is 0 Å². The van der Waals surface area contributed by atoms with Gasteiger partial charge < -0.3 is 5.73 Å².